The summed E-state index contributed by atoms with van der Waals surface area (Å²) in [6.07, 6.45) is 0. The summed E-state index contributed by atoms with van der Waals surface area (Å²) in [5, 5.41) is 14.8. The van der Waals surface area contributed by atoms with Gasteiger partial charge in [0.1, 0.15) is 6.54 Å². The Labute approximate surface area is 138 Å². The molecule has 1 amide bonds. The molecule has 0 atom stereocenters. The fraction of sp³-hybridized carbons (Fsp3) is 0.167. The number of nitro benzene ring substituents is 1. The van der Waals surface area contributed by atoms with Crippen molar-refractivity contribution in [3.63, 3.8) is 0 Å². The van der Waals surface area contributed by atoms with E-state index in [-0.39, 0.29) is 18.1 Å². The van der Waals surface area contributed by atoms with Gasteiger partial charge in [-0.3, -0.25) is 14.9 Å². The molecule has 0 fully saturated rings. The van der Waals surface area contributed by atoms with E-state index in [1.54, 1.807) is 19.1 Å². The minimum absolute atomic E-state index is 0.00426. The van der Waals surface area contributed by atoms with Crippen LogP contribution in [0.15, 0.2) is 48.5 Å². The van der Waals surface area contributed by atoms with Crippen LogP contribution in [0.4, 0.5) is 11.4 Å². The minimum atomic E-state index is -0.450. The highest BCUT2D eigenvalue weighted by atomic mass is 16.6. The van der Waals surface area contributed by atoms with Gasteiger partial charge in [0.05, 0.1) is 4.92 Å². The van der Waals surface area contributed by atoms with Crippen LogP contribution in [-0.4, -0.2) is 15.4 Å². The molecule has 2 aromatic carbocycles. The van der Waals surface area contributed by atoms with Crippen LogP contribution in [0.3, 0.4) is 0 Å². The van der Waals surface area contributed by atoms with Gasteiger partial charge >= 0.3 is 0 Å². The monoisotopic (exact) mass is 323 g/mol. The number of hydrogen-bond donors (Lipinski definition) is 1. The molecular formula is C18H17N3O3. The minimum Gasteiger partial charge on any atom is -0.335 e. The summed E-state index contributed by atoms with van der Waals surface area (Å²) >= 11 is 0. The van der Waals surface area contributed by atoms with Crippen LogP contribution in [0.25, 0.3) is 10.9 Å². The zero-order chi connectivity index (χ0) is 17.3. The van der Waals surface area contributed by atoms with Crippen LogP contribution in [0.2, 0.25) is 0 Å². The van der Waals surface area contributed by atoms with E-state index in [2.05, 4.69) is 5.32 Å². The molecular weight excluding hydrogens is 306 g/mol. The van der Waals surface area contributed by atoms with Crippen LogP contribution in [0.5, 0.6) is 0 Å². The highest BCUT2D eigenvalue weighted by Crippen LogP contribution is 2.23. The third kappa shape index (κ3) is 2.99. The van der Waals surface area contributed by atoms with Crippen molar-refractivity contribution in [3.8, 4) is 0 Å². The summed E-state index contributed by atoms with van der Waals surface area (Å²) in [6, 6.07) is 14.6. The van der Waals surface area contributed by atoms with E-state index in [0.717, 1.165) is 16.6 Å². The average molecular weight is 323 g/mol. The van der Waals surface area contributed by atoms with Gasteiger partial charge < -0.3 is 9.88 Å². The lowest BCUT2D eigenvalue weighted by atomic mass is 10.2. The lowest BCUT2D eigenvalue weighted by molar-refractivity contribution is -0.385. The van der Waals surface area contributed by atoms with Crippen molar-refractivity contribution < 1.29 is 9.72 Å². The Hall–Kier alpha value is -3.15. The molecule has 6 nitrogen and oxygen atoms in total. The predicted molar refractivity (Wildman–Crippen MR) is 93.1 cm³/mol. The first-order valence-corrected chi connectivity index (χ1v) is 7.55. The largest absolute Gasteiger partial charge is 0.335 e. The second-order valence-corrected chi connectivity index (χ2v) is 5.74. The quantitative estimate of drug-likeness (QED) is 0.586. The highest BCUT2D eigenvalue weighted by molar-refractivity contribution is 5.92. The first-order chi connectivity index (χ1) is 11.5. The summed E-state index contributed by atoms with van der Waals surface area (Å²) in [4.78, 5) is 22.9. The van der Waals surface area contributed by atoms with Crippen LogP contribution < -0.4 is 5.32 Å². The summed E-state index contributed by atoms with van der Waals surface area (Å²) < 4.78 is 1.92. The smallest absolute Gasteiger partial charge is 0.274 e. The molecule has 0 saturated carbocycles. The molecule has 0 aliphatic rings. The summed E-state index contributed by atoms with van der Waals surface area (Å²) in [7, 11) is 0. The second kappa shape index (κ2) is 6.16. The predicted octanol–water partition coefficient (Wildman–Crippen LogP) is 3.81. The number of hydrogen-bond acceptors (Lipinski definition) is 3. The standard InChI is InChI=1S/C18H17N3O3/c1-12-7-8-15(10-17(12)21(23)24)19-18(22)11-20-13(2)9-14-5-3-4-6-16(14)20/h3-10H,11H2,1-2H3,(H,19,22). The molecule has 3 aromatic rings. The van der Waals surface area contributed by atoms with E-state index in [1.807, 2.05) is 41.8 Å². The van der Waals surface area contributed by atoms with Crippen LogP contribution in [-0.2, 0) is 11.3 Å². The molecule has 24 heavy (non-hydrogen) atoms. The molecule has 0 radical (unpaired) electrons. The van der Waals surface area contributed by atoms with Gasteiger partial charge in [-0.15, -0.1) is 0 Å². The van der Waals surface area contributed by atoms with E-state index in [1.165, 1.54) is 6.07 Å². The third-order valence-corrected chi connectivity index (χ3v) is 4.01. The molecule has 0 spiro atoms. The number of nitrogens with zero attached hydrogens (tertiary/aromatic N) is 2. The molecule has 0 aliphatic carbocycles. The van der Waals surface area contributed by atoms with Gasteiger partial charge in [0.25, 0.3) is 5.69 Å². The second-order valence-electron chi connectivity index (χ2n) is 5.74. The van der Waals surface area contributed by atoms with E-state index in [9.17, 15) is 14.9 Å². The number of para-hydroxylation sites is 1. The SMILES string of the molecule is Cc1ccc(NC(=O)Cn2c(C)cc3ccccc32)cc1[N+](=O)[O-]. The van der Waals surface area contributed by atoms with Crippen molar-refractivity contribution >= 4 is 28.2 Å². The molecule has 0 unspecified atom stereocenters. The van der Waals surface area contributed by atoms with Crippen molar-refractivity contribution in [3.05, 3.63) is 69.9 Å². The number of fused-ring (bicyclic) bond motifs is 1. The zero-order valence-corrected chi connectivity index (χ0v) is 13.4. The molecule has 6 heteroatoms. The number of nitro groups is 1. The number of benzene rings is 2. The van der Waals surface area contributed by atoms with Gasteiger partial charge in [-0.1, -0.05) is 24.3 Å². The number of nitrogens with one attached hydrogen (secondary N) is 1. The van der Waals surface area contributed by atoms with Gasteiger partial charge in [-0.2, -0.15) is 0 Å². The maximum atomic E-state index is 12.3. The molecule has 0 aliphatic heterocycles. The third-order valence-electron chi connectivity index (χ3n) is 4.01. The Morgan fingerprint density at radius 3 is 2.67 bits per heavy atom. The number of amides is 1. The molecule has 1 aromatic heterocycles. The molecule has 122 valence electrons. The lowest BCUT2D eigenvalue weighted by Crippen LogP contribution is -2.19. The summed E-state index contributed by atoms with van der Waals surface area (Å²) in [5.74, 6) is -0.224. The topological polar surface area (TPSA) is 77.2 Å². The Morgan fingerprint density at radius 2 is 1.92 bits per heavy atom. The van der Waals surface area contributed by atoms with Gasteiger partial charge in [0.15, 0.2) is 0 Å². The fourth-order valence-corrected chi connectivity index (χ4v) is 2.79. The first-order valence-electron chi connectivity index (χ1n) is 7.55. The lowest BCUT2D eigenvalue weighted by Gasteiger charge is -2.10. The van der Waals surface area contributed by atoms with E-state index in [4.69, 9.17) is 0 Å². The Morgan fingerprint density at radius 1 is 1.17 bits per heavy atom. The van der Waals surface area contributed by atoms with Crippen LogP contribution >= 0.6 is 0 Å². The number of anilines is 1. The number of aromatic nitrogens is 1. The van der Waals surface area contributed by atoms with E-state index >= 15 is 0 Å². The number of carbonyl (C=O) groups excluding carboxylic acids is 1. The molecule has 3 rings (SSSR count). The van der Waals surface area contributed by atoms with Crippen LogP contribution in [0, 0.1) is 24.0 Å². The number of aryl methyl sites for hydroxylation is 2. The maximum absolute atomic E-state index is 12.3. The summed E-state index contributed by atoms with van der Waals surface area (Å²) in [5.41, 5.74) is 2.95. The van der Waals surface area contributed by atoms with Crippen molar-refractivity contribution in [2.24, 2.45) is 0 Å². The maximum Gasteiger partial charge on any atom is 0.274 e. The van der Waals surface area contributed by atoms with Gasteiger partial charge in [0.2, 0.25) is 5.91 Å². The van der Waals surface area contributed by atoms with Crippen LogP contribution in [0.1, 0.15) is 11.3 Å². The highest BCUT2D eigenvalue weighted by Gasteiger charge is 2.14. The Bertz CT molecular complexity index is 944. The zero-order valence-electron chi connectivity index (χ0n) is 13.4. The fourth-order valence-electron chi connectivity index (χ4n) is 2.79. The number of rotatable bonds is 4. The first kappa shape index (κ1) is 15.7. The van der Waals surface area contributed by atoms with Gasteiger partial charge in [0, 0.05) is 28.5 Å². The summed E-state index contributed by atoms with van der Waals surface area (Å²) in [6.45, 7) is 3.77. The van der Waals surface area contributed by atoms with Gasteiger partial charge in [-0.25, -0.2) is 0 Å². The van der Waals surface area contributed by atoms with Crippen molar-refractivity contribution in [1.29, 1.82) is 0 Å². The molecule has 0 bridgehead atoms. The van der Waals surface area contributed by atoms with Crippen molar-refractivity contribution in [2.75, 3.05) is 5.32 Å². The van der Waals surface area contributed by atoms with Crippen molar-refractivity contribution in [1.82, 2.24) is 4.57 Å². The normalized spacial score (nSPS) is 10.8. The van der Waals surface area contributed by atoms with E-state index in [0.29, 0.717) is 11.3 Å². The Kier molecular flexibility index (Phi) is 4.04. The Balaban J connectivity index is 1.82. The number of carbonyl (C=O) groups is 1. The van der Waals surface area contributed by atoms with Crippen molar-refractivity contribution in [2.45, 2.75) is 20.4 Å². The average Bonchev–Trinajstić information content (AvgIpc) is 2.85. The van der Waals surface area contributed by atoms with E-state index < -0.39 is 4.92 Å². The molecule has 1 N–H and O–H groups in total. The van der Waals surface area contributed by atoms with Gasteiger partial charge in [-0.05, 0) is 37.4 Å². The molecule has 1 heterocycles. The molecule has 0 saturated heterocycles.